The molecule has 2 aromatic rings. The molecule has 2 aromatic carbocycles. The molecule has 0 unspecified atom stereocenters. The van der Waals surface area contributed by atoms with Crippen LogP contribution in [0.2, 0.25) is 0 Å². The normalized spacial score (nSPS) is 10.3. The molecule has 0 aromatic heterocycles. The van der Waals surface area contributed by atoms with Crippen molar-refractivity contribution in [2.75, 3.05) is 0 Å². The molecule has 15 heavy (non-hydrogen) atoms. The number of hydrogen-bond acceptors (Lipinski definition) is 0. The van der Waals surface area contributed by atoms with Gasteiger partial charge in [-0.15, -0.1) is 0 Å². The fourth-order valence-electron chi connectivity index (χ4n) is 1.84. The molecule has 1 nitrogen and oxygen atoms in total. The summed E-state index contributed by atoms with van der Waals surface area (Å²) in [5, 5.41) is 11.6. The summed E-state index contributed by atoms with van der Waals surface area (Å²) >= 11 is 0. The van der Waals surface area contributed by atoms with E-state index in [0.717, 1.165) is 11.1 Å². The molecular formula is C14H13O. The van der Waals surface area contributed by atoms with Crippen molar-refractivity contribution in [1.29, 1.82) is 0 Å². The van der Waals surface area contributed by atoms with Gasteiger partial charge in [-0.1, -0.05) is 47.5 Å². The summed E-state index contributed by atoms with van der Waals surface area (Å²) in [6.07, 6.45) is 0. The number of hydrogen-bond donors (Lipinski definition) is 0. The molecule has 1 radical (unpaired) electrons. The fourth-order valence-corrected chi connectivity index (χ4v) is 1.84. The molecule has 0 fully saturated rings. The number of rotatable bonds is 1. The fraction of sp³-hybridized carbons (Fsp3) is 0.143. The van der Waals surface area contributed by atoms with Crippen LogP contribution in [0.3, 0.4) is 0 Å². The van der Waals surface area contributed by atoms with Gasteiger partial charge in [0, 0.05) is 5.56 Å². The maximum Gasteiger partial charge on any atom is 0.186 e. The zero-order chi connectivity index (χ0) is 10.8. The first kappa shape index (κ1) is 9.78. The SMILES string of the molecule is Cc1cc(C)cc(-c2ccccc2[O])c1. The lowest BCUT2D eigenvalue weighted by Gasteiger charge is -2.05. The highest BCUT2D eigenvalue weighted by atomic mass is 16.3. The van der Waals surface area contributed by atoms with Crippen LogP contribution in [-0.4, -0.2) is 0 Å². The Hall–Kier alpha value is -1.76. The first-order valence-electron chi connectivity index (χ1n) is 5.01. The van der Waals surface area contributed by atoms with Gasteiger partial charge in [-0.25, -0.2) is 0 Å². The highest BCUT2D eigenvalue weighted by molar-refractivity contribution is 5.70. The molecule has 0 N–H and O–H groups in total. The molecule has 0 aliphatic rings. The standard InChI is InChI=1S/C14H13O/c1-10-7-11(2)9-12(8-10)13-5-3-4-6-14(13)15/h3-9H,1-2H3. The third-order valence-electron chi connectivity index (χ3n) is 2.42. The third-order valence-corrected chi connectivity index (χ3v) is 2.42. The lowest BCUT2D eigenvalue weighted by Crippen LogP contribution is -1.82. The predicted molar refractivity (Wildman–Crippen MR) is 61.5 cm³/mol. The Balaban J connectivity index is 2.59. The van der Waals surface area contributed by atoms with Crippen LogP contribution in [0.5, 0.6) is 5.75 Å². The molecule has 2 rings (SSSR count). The Labute approximate surface area is 90.0 Å². The zero-order valence-electron chi connectivity index (χ0n) is 8.95. The maximum atomic E-state index is 11.6. The summed E-state index contributed by atoms with van der Waals surface area (Å²) in [6.45, 7) is 4.09. The molecule has 0 saturated heterocycles. The van der Waals surface area contributed by atoms with Crippen LogP contribution in [0.4, 0.5) is 0 Å². The average Bonchev–Trinajstić information content (AvgIpc) is 2.16. The van der Waals surface area contributed by atoms with E-state index in [1.165, 1.54) is 11.1 Å². The Morgan fingerprint density at radius 1 is 0.867 bits per heavy atom. The molecule has 1 heteroatoms. The Morgan fingerprint density at radius 3 is 2.07 bits per heavy atom. The Morgan fingerprint density at radius 2 is 1.47 bits per heavy atom. The minimum Gasteiger partial charge on any atom is -0.289 e. The van der Waals surface area contributed by atoms with Gasteiger partial charge in [0.05, 0.1) is 0 Å². The Bertz CT molecular complexity index is 466. The smallest absolute Gasteiger partial charge is 0.186 e. The topological polar surface area (TPSA) is 19.9 Å². The van der Waals surface area contributed by atoms with Gasteiger partial charge in [0.15, 0.2) is 5.75 Å². The number of para-hydroxylation sites is 1. The van der Waals surface area contributed by atoms with E-state index >= 15 is 0 Å². The van der Waals surface area contributed by atoms with Crippen molar-refractivity contribution >= 4 is 0 Å². The molecule has 75 valence electrons. The van der Waals surface area contributed by atoms with Crippen LogP contribution in [0.15, 0.2) is 42.5 Å². The predicted octanol–water partition coefficient (Wildman–Crippen LogP) is 4.11. The van der Waals surface area contributed by atoms with Gasteiger partial charge in [-0.2, -0.15) is 0 Å². The van der Waals surface area contributed by atoms with Crippen LogP contribution in [0, 0.1) is 13.8 Å². The molecule has 0 amide bonds. The molecule has 0 spiro atoms. The largest absolute Gasteiger partial charge is 0.289 e. The minimum absolute atomic E-state index is 0.0856. The second kappa shape index (κ2) is 3.77. The summed E-state index contributed by atoms with van der Waals surface area (Å²) in [7, 11) is 0. The van der Waals surface area contributed by atoms with Crippen LogP contribution in [-0.2, 0) is 5.11 Å². The third kappa shape index (κ3) is 2.01. The second-order valence-corrected chi connectivity index (χ2v) is 3.87. The molecule has 0 saturated carbocycles. The van der Waals surface area contributed by atoms with E-state index in [1.807, 2.05) is 38.1 Å². The summed E-state index contributed by atoms with van der Waals surface area (Å²) in [5.74, 6) is 0.0856. The van der Waals surface area contributed by atoms with Gasteiger partial charge < -0.3 is 0 Å². The van der Waals surface area contributed by atoms with E-state index in [-0.39, 0.29) is 5.75 Å². The second-order valence-electron chi connectivity index (χ2n) is 3.87. The van der Waals surface area contributed by atoms with Gasteiger partial charge in [0.1, 0.15) is 0 Å². The molecule has 0 aliphatic carbocycles. The van der Waals surface area contributed by atoms with Gasteiger partial charge >= 0.3 is 0 Å². The first-order valence-corrected chi connectivity index (χ1v) is 5.01. The van der Waals surface area contributed by atoms with Crippen molar-refractivity contribution in [3.8, 4) is 16.9 Å². The van der Waals surface area contributed by atoms with E-state index in [0.29, 0.717) is 0 Å². The minimum atomic E-state index is 0.0856. The number of benzene rings is 2. The van der Waals surface area contributed by atoms with Gasteiger partial charge in [0.25, 0.3) is 0 Å². The zero-order valence-corrected chi connectivity index (χ0v) is 8.95. The van der Waals surface area contributed by atoms with Crippen LogP contribution in [0.1, 0.15) is 11.1 Å². The lowest BCUT2D eigenvalue weighted by molar-refractivity contribution is 0.356. The summed E-state index contributed by atoms with van der Waals surface area (Å²) in [6, 6.07) is 13.3. The average molecular weight is 197 g/mol. The van der Waals surface area contributed by atoms with Crippen molar-refractivity contribution in [3.05, 3.63) is 53.6 Å². The summed E-state index contributed by atoms with van der Waals surface area (Å²) in [4.78, 5) is 0. The monoisotopic (exact) mass is 197 g/mol. The van der Waals surface area contributed by atoms with E-state index in [1.54, 1.807) is 12.1 Å². The van der Waals surface area contributed by atoms with E-state index in [9.17, 15) is 5.11 Å². The van der Waals surface area contributed by atoms with Crippen LogP contribution < -0.4 is 0 Å². The quantitative estimate of drug-likeness (QED) is 0.655. The van der Waals surface area contributed by atoms with E-state index in [4.69, 9.17) is 0 Å². The van der Waals surface area contributed by atoms with Crippen molar-refractivity contribution in [2.24, 2.45) is 0 Å². The van der Waals surface area contributed by atoms with Crippen LogP contribution >= 0.6 is 0 Å². The molecule has 0 atom stereocenters. The lowest BCUT2D eigenvalue weighted by atomic mass is 10.0. The summed E-state index contributed by atoms with van der Waals surface area (Å²) in [5.41, 5.74) is 4.17. The Kier molecular flexibility index (Phi) is 2.46. The maximum absolute atomic E-state index is 11.6. The van der Waals surface area contributed by atoms with Crippen LogP contribution in [0.25, 0.3) is 11.1 Å². The molecule has 0 aliphatic heterocycles. The summed E-state index contributed by atoms with van der Waals surface area (Å²) < 4.78 is 0. The van der Waals surface area contributed by atoms with Crippen molar-refractivity contribution in [1.82, 2.24) is 0 Å². The molecule has 0 bridgehead atoms. The van der Waals surface area contributed by atoms with Gasteiger partial charge in [0.2, 0.25) is 0 Å². The van der Waals surface area contributed by atoms with Gasteiger partial charge in [-0.3, -0.25) is 5.11 Å². The van der Waals surface area contributed by atoms with Crippen molar-refractivity contribution < 1.29 is 5.11 Å². The molecule has 0 heterocycles. The number of aryl methyl sites for hydroxylation is 2. The van der Waals surface area contributed by atoms with E-state index < -0.39 is 0 Å². The first-order chi connectivity index (χ1) is 7.16. The van der Waals surface area contributed by atoms with Gasteiger partial charge in [-0.05, 0) is 25.5 Å². The highest BCUT2D eigenvalue weighted by Gasteiger charge is 2.05. The molecular weight excluding hydrogens is 184 g/mol. The van der Waals surface area contributed by atoms with E-state index in [2.05, 4.69) is 6.07 Å². The van der Waals surface area contributed by atoms with Crippen molar-refractivity contribution in [3.63, 3.8) is 0 Å². The highest BCUT2D eigenvalue weighted by Crippen LogP contribution is 2.30. The van der Waals surface area contributed by atoms with Crippen molar-refractivity contribution in [2.45, 2.75) is 13.8 Å².